The second-order valence-electron chi connectivity index (χ2n) is 6.45. The predicted octanol–water partition coefficient (Wildman–Crippen LogP) is 4.48. The highest BCUT2D eigenvalue weighted by Gasteiger charge is 2.09. The van der Waals surface area contributed by atoms with Crippen LogP contribution in [0.3, 0.4) is 0 Å². The minimum atomic E-state index is 0.740. The smallest absolute Gasteiger partial charge is 0.0389 e. The van der Waals surface area contributed by atoms with Gasteiger partial charge in [-0.2, -0.15) is 0 Å². The van der Waals surface area contributed by atoms with E-state index in [-0.39, 0.29) is 0 Å². The first-order chi connectivity index (χ1) is 8.88. The van der Waals surface area contributed by atoms with Gasteiger partial charge >= 0.3 is 0 Å². The summed E-state index contributed by atoms with van der Waals surface area (Å²) in [5, 5.41) is 0. The summed E-state index contributed by atoms with van der Waals surface area (Å²) >= 11 is 0. The van der Waals surface area contributed by atoms with Crippen molar-refractivity contribution in [3.8, 4) is 0 Å². The number of hydrogen-bond acceptors (Lipinski definition) is 2. The SMILES string of the molecule is Cc1cc(N)cc(N(CCC(C)C)CCC(C)C)c1. The molecule has 0 aliphatic rings. The Morgan fingerprint density at radius 1 is 0.947 bits per heavy atom. The molecule has 19 heavy (non-hydrogen) atoms. The van der Waals surface area contributed by atoms with Gasteiger partial charge in [-0.15, -0.1) is 0 Å². The van der Waals surface area contributed by atoms with Crippen molar-refractivity contribution in [3.63, 3.8) is 0 Å². The van der Waals surface area contributed by atoms with Gasteiger partial charge in [-0.3, -0.25) is 0 Å². The zero-order valence-corrected chi connectivity index (χ0v) is 13.2. The average molecular weight is 262 g/mol. The van der Waals surface area contributed by atoms with Gasteiger partial charge in [0.1, 0.15) is 0 Å². The topological polar surface area (TPSA) is 29.3 Å². The fourth-order valence-electron chi connectivity index (χ4n) is 2.17. The summed E-state index contributed by atoms with van der Waals surface area (Å²) in [6, 6.07) is 6.39. The fraction of sp³-hybridized carbons (Fsp3) is 0.647. The normalized spacial score (nSPS) is 11.3. The summed E-state index contributed by atoms with van der Waals surface area (Å²) in [5.41, 5.74) is 9.37. The van der Waals surface area contributed by atoms with Crippen molar-refractivity contribution in [3.05, 3.63) is 23.8 Å². The molecule has 0 atom stereocenters. The average Bonchev–Trinajstić information content (AvgIpc) is 2.26. The predicted molar refractivity (Wildman–Crippen MR) is 86.7 cm³/mol. The van der Waals surface area contributed by atoms with Crippen molar-refractivity contribution in [2.45, 2.75) is 47.5 Å². The standard InChI is InChI=1S/C17H30N2/c1-13(2)6-8-19(9-7-14(3)4)17-11-15(5)10-16(18)12-17/h10-14H,6-9,18H2,1-5H3. The van der Waals surface area contributed by atoms with E-state index >= 15 is 0 Å². The monoisotopic (exact) mass is 262 g/mol. The molecule has 0 fully saturated rings. The van der Waals surface area contributed by atoms with Gasteiger partial charge in [0.2, 0.25) is 0 Å². The lowest BCUT2D eigenvalue weighted by molar-refractivity contribution is 0.535. The Labute approximate surface area is 119 Å². The minimum absolute atomic E-state index is 0.740. The molecule has 0 aliphatic heterocycles. The highest BCUT2D eigenvalue weighted by atomic mass is 15.1. The van der Waals surface area contributed by atoms with E-state index < -0.39 is 0 Å². The second kappa shape index (κ2) is 7.42. The summed E-state index contributed by atoms with van der Waals surface area (Å²) in [6.45, 7) is 13.5. The third kappa shape index (κ3) is 6.00. The summed E-state index contributed by atoms with van der Waals surface area (Å²) in [4.78, 5) is 2.49. The molecule has 0 aliphatic carbocycles. The van der Waals surface area contributed by atoms with Crippen LogP contribution >= 0.6 is 0 Å². The number of hydrogen-bond donors (Lipinski definition) is 1. The summed E-state index contributed by atoms with van der Waals surface area (Å²) < 4.78 is 0. The van der Waals surface area contributed by atoms with E-state index in [2.05, 4.69) is 51.7 Å². The van der Waals surface area contributed by atoms with E-state index in [1.807, 2.05) is 6.07 Å². The van der Waals surface area contributed by atoms with Gasteiger partial charge in [0.25, 0.3) is 0 Å². The Kier molecular flexibility index (Phi) is 6.20. The van der Waals surface area contributed by atoms with Crippen molar-refractivity contribution < 1.29 is 0 Å². The molecule has 2 heteroatoms. The van der Waals surface area contributed by atoms with E-state index in [1.54, 1.807) is 0 Å². The summed E-state index contributed by atoms with van der Waals surface area (Å²) in [7, 11) is 0. The Morgan fingerprint density at radius 2 is 1.47 bits per heavy atom. The minimum Gasteiger partial charge on any atom is -0.399 e. The number of nitrogens with zero attached hydrogens (tertiary/aromatic N) is 1. The molecule has 0 saturated heterocycles. The van der Waals surface area contributed by atoms with Gasteiger partial charge in [0.15, 0.2) is 0 Å². The van der Waals surface area contributed by atoms with Crippen LogP contribution in [0, 0.1) is 18.8 Å². The molecule has 0 aromatic heterocycles. The molecule has 0 amide bonds. The highest BCUT2D eigenvalue weighted by molar-refractivity contribution is 5.58. The molecule has 0 heterocycles. The van der Waals surface area contributed by atoms with Gasteiger partial charge in [-0.05, 0) is 55.4 Å². The molecule has 0 unspecified atom stereocenters. The molecule has 1 aromatic rings. The first-order valence-electron chi connectivity index (χ1n) is 7.50. The zero-order valence-electron chi connectivity index (χ0n) is 13.2. The third-order valence-corrected chi connectivity index (χ3v) is 3.40. The Morgan fingerprint density at radius 3 is 1.89 bits per heavy atom. The van der Waals surface area contributed by atoms with Crippen molar-refractivity contribution in [1.29, 1.82) is 0 Å². The maximum absolute atomic E-state index is 5.98. The first-order valence-corrected chi connectivity index (χ1v) is 7.50. The second-order valence-corrected chi connectivity index (χ2v) is 6.45. The molecule has 0 radical (unpaired) electrons. The van der Waals surface area contributed by atoms with E-state index in [1.165, 1.54) is 24.1 Å². The number of aryl methyl sites for hydroxylation is 1. The molecule has 2 N–H and O–H groups in total. The van der Waals surface area contributed by atoms with Crippen LogP contribution in [0.1, 0.15) is 46.1 Å². The van der Waals surface area contributed by atoms with E-state index in [0.717, 1.165) is 30.6 Å². The van der Waals surface area contributed by atoms with Crippen LogP contribution < -0.4 is 10.6 Å². The van der Waals surface area contributed by atoms with E-state index in [4.69, 9.17) is 5.73 Å². The number of benzene rings is 1. The number of nitrogen functional groups attached to an aromatic ring is 1. The van der Waals surface area contributed by atoms with E-state index in [0.29, 0.717) is 0 Å². The highest BCUT2D eigenvalue weighted by Crippen LogP contribution is 2.22. The van der Waals surface area contributed by atoms with Gasteiger partial charge in [0, 0.05) is 24.5 Å². The van der Waals surface area contributed by atoms with Crippen LogP contribution in [-0.2, 0) is 0 Å². The lowest BCUT2D eigenvalue weighted by Crippen LogP contribution is -2.27. The van der Waals surface area contributed by atoms with Crippen molar-refractivity contribution in [2.75, 3.05) is 23.7 Å². The van der Waals surface area contributed by atoms with Crippen LogP contribution in [-0.4, -0.2) is 13.1 Å². The largest absolute Gasteiger partial charge is 0.399 e. The molecule has 108 valence electrons. The van der Waals surface area contributed by atoms with Gasteiger partial charge in [-0.1, -0.05) is 27.7 Å². The van der Waals surface area contributed by atoms with Crippen LogP contribution in [0.15, 0.2) is 18.2 Å². The Hall–Kier alpha value is -1.18. The lowest BCUT2D eigenvalue weighted by Gasteiger charge is -2.27. The molecule has 2 nitrogen and oxygen atoms in total. The van der Waals surface area contributed by atoms with Crippen molar-refractivity contribution >= 4 is 11.4 Å². The number of nitrogens with two attached hydrogens (primary N) is 1. The van der Waals surface area contributed by atoms with Crippen LogP contribution in [0.25, 0.3) is 0 Å². The number of rotatable bonds is 7. The van der Waals surface area contributed by atoms with Gasteiger partial charge in [-0.25, -0.2) is 0 Å². The molecule has 1 rings (SSSR count). The quantitative estimate of drug-likeness (QED) is 0.734. The summed E-state index contributed by atoms with van der Waals surface area (Å²) in [5.74, 6) is 1.48. The van der Waals surface area contributed by atoms with E-state index in [9.17, 15) is 0 Å². The number of anilines is 2. The maximum atomic E-state index is 5.98. The molecule has 0 bridgehead atoms. The maximum Gasteiger partial charge on any atom is 0.0389 e. The summed E-state index contributed by atoms with van der Waals surface area (Å²) in [6.07, 6.45) is 2.46. The zero-order chi connectivity index (χ0) is 14.4. The van der Waals surface area contributed by atoms with Crippen molar-refractivity contribution in [2.24, 2.45) is 11.8 Å². The molecule has 0 saturated carbocycles. The van der Waals surface area contributed by atoms with Crippen LogP contribution in [0.5, 0.6) is 0 Å². The van der Waals surface area contributed by atoms with Crippen LogP contribution in [0.4, 0.5) is 11.4 Å². The van der Waals surface area contributed by atoms with Gasteiger partial charge < -0.3 is 10.6 Å². The molecular formula is C17H30N2. The first kappa shape index (κ1) is 15.9. The Bertz CT molecular complexity index is 351. The third-order valence-electron chi connectivity index (χ3n) is 3.40. The lowest BCUT2D eigenvalue weighted by atomic mass is 10.1. The molecular weight excluding hydrogens is 232 g/mol. The molecule has 1 aromatic carbocycles. The Balaban J connectivity index is 2.80. The van der Waals surface area contributed by atoms with Gasteiger partial charge in [0.05, 0.1) is 0 Å². The molecule has 0 spiro atoms. The van der Waals surface area contributed by atoms with Crippen molar-refractivity contribution in [1.82, 2.24) is 0 Å². The fourth-order valence-corrected chi connectivity index (χ4v) is 2.17. The van der Waals surface area contributed by atoms with Crippen LogP contribution in [0.2, 0.25) is 0 Å².